The Hall–Kier alpha value is -2.63. The minimum atomic E-state index is -1.53. The summed E-state index contributed by atoms with van der Waals surface area (Å²) >= 11 is 0. The normalized spacial score (nSPS) is 11.1. The predicted molar refractivity (Wildman–Crippen MR) is 84.2 cm³/mol. The molecule has 0 fully saturated rings. The molecular weight excluding hydrogens is 296 g/mol. The maximum absolute atomic E-state index is 12.3. The zero-order valence-corrected chi connectivity index (χ0v) is 13.5. The first-order valence-corrected chi connectivity index (χ1v) is 7.48. The summed E-state index contributed by atoms with van der Waals surface area (Å²) in [7, 11) is 0. The molecule has 0 bridgehead atoms. The van der Waals surface area contributed by atoms with Crippen molar-refractivity contribution in [2.45, 2.75) is 26.2 Å². The van der Waals surface area contributed by atoms with Crippen molar-refractivity contribution in [2.75, 3.05) is 13.2 Å². The van der Waals surface area contributed by atoms with Gasteiger partial charge in [0, 0.05) is 18.6 Å². The third-order valence-corrected chi connectivity index (χ3v) is 3.56. The number of carbonyl (C=O) groups excluding carboxylic acids is 2. The van der Waals surface area contributed by atoms with Crippen molar-refractivity contribution in [3.05, 3.63) is 48.4 Å². The van der Waals surface area contributed by atoms with Gasteiger partial charge in [0.2, 0.25) is 0 Å². The third kappa shape index (κ3) is 3.26. The maximum Gasteiger partial charge on any atom is 0.327 e. The molecule has 0 spiro atoms. The van der Waals surface area contributed by atoms with E-state index in [0.717, 1.165) is 0 Å². The fraction of sp³-hybridized carbons (Fsp3) is 0.353. The van der Waals surface area contributed by atoms with Gasteiger partial charge in [0.1, 0.15) is 5.82 Å². The molecule has 122 valence electrons. The Bertz CT molecular complexity index is 644. The lowest BCUT2D eigenvalue weighted by atomic mass is 9.83. The van der Waals surface area contributed by atoms with E-state index in [1.54, 1.807) is 26.0 Å². The van der Waals surface area contributed by atoms with Crippen molar-refractivity contribution in [3.8, 4) is 5.82 Å². The molecule has 2 aromatic heterocycles. The summed E-state index contributed by atoms with van der Waals surface area (Å²) in [4.78, 5) is 29.0. The molecule has 6 heteroatoms. The van der Waals surface area contributed by atoms with Crippen molar-refractivity contribution in [1.82, 2.24) is 9.55 Å². The highest BCUT2D eigenvalue weighted by molar-refractivity contribution is 6.05. The average Bonchev–Trinajstić information content (AvgIpc) is 3.09. The third-order valence-electron chi connectivity index (χ3n) is 3.56. The Labute approximate surface area is 135 Å². The van der Waals surface area contributed by atoms with E-state index >= 15 is 0 Å². The summed E-state index contributed by atoms with van der Waals surface area (Å²) in [6.45, 7) is 5.24. The standard InChI is InChI=1S/C17H20N2O4/c1-4-22-15(20)17(3,16(21)23-5-2)13-8-9-14(18-12-13)19-10-6-7-11-19/h6-12H,4-5H2,1-3H3. The summed E-state index contributed by atoms with van der Waals surface area (Å²) in [5, 5.41) is 0. The lowest BCUT2D eigenvalue weighted by Crippen LogP contribution is -2.43. The fourth-order valence-corrected chi connectivity index (χ4v) is 2.19. The highest BCUT2D eigenvalue weighted by atomic mass is 16.6. The molecule has 0 aliphatic rings. The second-order valence-electron chi connectivity index (χ2n) is 5.06. The van der Waals surface area contributed by atoms with Crippen molar-refractivity contribution in [3.63, 3.8) is 0 Å². The number of aromatic nitrogens is 2. The molecule has 0 saturated heterocycles. The van der Waals surface area contributed by atoms with E-state index in [1.807, 2.05) is 29.1 Å². The molecule has 0 aliphatic heterocycles. The van der Waals surface area contributed by atoms with Gasteiger partial charge >= 0.3 is 11.9 Å². The summed E-state index contributed by atoms with van der Waals surface area (Å²) in [5.74, 6) is -0.600. The van der Waals surface area contributed by atoms with Gasteiger partial charge in [-0.05, 0) is 44.5 Å². The summed E-state index contributed by atoms with van der Waals surface area (Å²) in [6, 6.07) is 7.20. The van der Waals surface area contributed by atoms with Crippen LogP contribution in [0.2, 0.25) is 0 Å². The van der Waals surface area contributed by atoms with Gasteiger partial charge in [-0.1, -0.05) is 6.07 Å². The predicted octanol–water partition coefficient (Wildman–Crippen LogP) is 2.26. The van der Waals surface area contributed by atoms with Gasteiger partial charge in [-0.15, -0.1) is 0 Å². The van der Waals surface area contributed by atoms with E-state index < -0.39 is 17.4 Å². The van der Waals surface area contributed by atoms with Crippen LogP contribution in [0.3, 0.4) is 0 Å². The fourth-order valence-electron chi connectivity index (χ4n) is 2.19. The number of rotatable bonds is 6. The van der Waals surface area contributed by atoms with E-state index in [9.17, 15) is 9.59 Å². The molecule has 0 aromatic carbocycles. The van der Waals surface area contributed by atoms with Crippen LogP contribution in [0, 0.1) is 0 Å². The maximum atomic E-state index is 12.3. The molecule has 6 nitrogen and oxygen atoms in total. The molecule has 0 amide bonds. The van der Waals surface area contributed by atoms with Crippen molar-refractivity contribution < 1.29 is 19.1 Å². The first kappa shape index (κ1) is 16.7. The average molecular weight is 316 g/mol. The number of hydrogen-bond donors (Lipinski definition) is 0. The Morgan fingerprint density at radius 1 is 1.09 bits per heavy atom. The molecule has 0 atom stereocenters. The summed E-state index contributed by atoms with van der Waals surface area (Å²) in [6.07, 6.45) is 5.22. The van der Waals surface area contributed by atoms with E-state index in [2.05, 4.69) is 4.98 Å². The number of carbonyl (C=O) groups is 2. The van der Waals surface area contributed by atoms with Crippen molar-refractivity contribution >= 4 is 11.9 Å². The number of ether oxygens (including phenoxy) is 2. The van der Waals surface area contributed by atoms with Gasteiger partial charge in [-0.25, -0.2) is 4.98 Å². The molecule has 0 radical (unpaired) electrons. The van der Waals surface area contributed by atoms with Crippen LogP contribution in [0.15, 0.2) is 42.9 Å². The summed E-state index contributed by atoms with van der Waals surface area (Å²) < 4.78 is 11.9. The van der Waals surface area contributed by atoms with Crippen LogP contribution in [-0.2, 0) is 24.5 Å². The number of esters is 2. The molecular formula is C17H20N2O4. The second-order valence-corrected chi connectivity index (χ2v) is 5.06. The van der Waals surface area contributed by atoms with E-state index in [0.29, 0.717) is 11.4 Å². The van der Waals surface area contributed by atoms with Gasteiger partial charge < -0.3 is 14.0 Å². The largest absolute Gasteiger partial charge is 0.465 e. The number of hydrogen-bond acceptors (Lipinski definition) is 5. The number of nitrogens with zero attached hydrogens (tertiary/aromatic N) is 2. The monoisotopic (exact) mass is 316 g/mol. The van der Waals surface area contributed by atoms with Crippen LogP contribution >= 0.6 is 0 Å². The zero-order chi connectivity index (χ0) is 16.9. The lowest BCUT2D eigenvalue weighted by molar-refractivity contribution is -0.163. The van der Waals surface area contributed by atoms with Gasteiger partial charge in [0.15, 0.2) is 5.41 Å². The van der Waals surface area contributed by atoms with Gasteiger partial charge in [0.05, 0.1) is 13.2 Å². The quantitative estimate of drug-likeness (QED) is 0.604. The molecule has 0 aliphatic carbocycles. The van der Waals surface area contributed by atoms with Crippen LogP contribution in [0.25, 0.3) is 5.82 Å². The highest BCUT2D eigenvalue weighted by Crippen LogP contribution is 2.27. The lowest BCUT2D eigenvalue weighted by Gasteiger charge is -2.25. The van der Waals surface area contributed by atoms with Crippen LogP contribution in [0.5, 0.6) is 0 Å². The minimum absolute atomic E-state index is 0.183. The summed E-state index contributed by atoms with van der Waals surface area (Å²) in [5.41, 5.74) is -1.10. The first-order valence-electron chi connectivity index (χ1n) is 7.48. The van der Waals surface area contributed by atoms with E-state index in [4.69, 9.17) is 9.47 Å². The zero-order valence-electron chi connectivity index (χ0n) is 13.5. The highest BCUT2D eigenvalue weighted by Gasteiger charge is 2.46. The smallest absolute Gasteiger partial charge is 0.327 e. The minimum Gasteiger partial charge on any atom is -0.465 e. The van der Waals surface area contributed by atoms with Crippen LogP contribution in [0.1, 0.15) is 26.3 Å². The Kier molecular flexibility index (Phi) is 5.16. The Morgan fingerprint density at radius 2 is 1.65 bits per heavy atom. The van der Waals surface area contributed by atoms with Gasteiger partial charge in [0.25, 0.3) is 0 Å². The number of pyridine rings is 1. The molecule has 2 aromatic rings. The van der Waals surface area contributed by atoms with Gasteiger partial charge in [-0.3, -0.25) is 9.59 Å². The van der Waals surface area contributed by atoms with Crippen molar-refractivity contribution in [1.29, 1.82) is 0 Å². The topological polar surface area (TPSA) is 70.4 Å². The molecule has 23 heavy (non-hydrogen) atoms. The molecule has 0 saturated carbocycles. The molecule has 2 heterocycles. The van der Waals surface area contributed by atoms with Gasteiger partial charge in [-0.2, -0.15) is 0 Å². The van der Waals surface area contributed by atoms with Crippen LogP contribution < -0.4 is 0 Å². The Morgan fingerprint density at radius 3 is 2.09 bits per heavy atom. The van der Waals surface area contributed by atoms with Crippen LogP contribution in [-0.4, -0.2) is 34.7 Å². The van der Waals surface area contributed by atoms with Crippen molar-refractivity contribution in [2.24, 2.45) is 0 Å². The van der Waals surface area contributed by atoms with E-state index in [1.165, 1.54) is 13.1 Å². The SMILES string of the molecule is CCOC(=O)C(C)(C(=O)OCC)c1ccc(-n2cccc2)nc1. The Balaban J connectivity index is 2.39. The second kappa shape index (κ2) is 7.09. The molecule has 2 rings (SSSR count). The first-order chi connectivity index (χ1) is 11.0. The molecule has 0 N–H and O–H groups in total. The molecule has 0 unspecified atom stereocenters. The van der Waals surface area contributed by atoms with E-state index in [-0.39, 0.29) is 13.2 Å². The van der Waals surface area contributed by atoms with Crippen LogP contribution in [0.4, 0.5) is 0 Å².